The van der Waals surface area contributed by atoms with Gasteiger partial charge in [0.1, 0.15) is 11.1 Å². The number of esters is 1. The van der Waals surface area contributed by atoms with Crippen LogP contribution in [0.25, 0.3) is 5.69 Å². The summed E-state index contributed by atoms with van der Waals surface area (Å²) in [5, 5.41) is 9.05. The van der Waals surface area contributed by atoms with Crippen molar-refractivity contribution in [2.75, 3.05) is 6.61 Å². The molecule has 0 saturated heterocycles. The Morgan fingerprint density at radius 1 is 1.08 bits per heavy atom. The van der Waals surface area contributed by atoms with Crippen molar-refractivity contribution >= 4 is 17.7 Å². The highest BCUT2D eigenvalue weighted by molar-refractivity contribution is 8.00. The molecule has 1 atom stereocenters. The van der Waals surface area contributed by atoms with E-state index >= 15 is 0 Å². The van der Waals surface area contributed by atoms with E-state index in [1.807, 2.05) is 60.0 Å². The fourth-order valence-electron chi connectivity index (χ4n) is 2.57. The van der Waals surface area contributed by atoms with Gasteiger partial charge in [-0.05, 0) is 31.5 Å². The quantitative estimate of drug-likeness (QED) is 0.468. The van der Waals surface area contributed by atoms with Crippen LogP contribution in [0.1, 0.15) is 25.2 Å². The second-order valence-electron chi connectivity index (χ2n) is 5.74. The smallest absolute Gasteiger partial charge is 0.319 e. The first-order valence-electron chi connectivity index (χ1n) is 8.56. The van der Waals surface area contributed by atoms with Crippen molar-refractivity contribution in [2.24, 2.45) is 0 Å². The molecule has 0 aliphatic carbocycles. The molecule has 0 saturated carbocycles. The van der Waals surface area contributed by atoms with Gasteiger partial charge in [0.15, 0.2) is 5.16 Å². The van der Waals surface area contributed by atoms with Gasteiger partial charge in [0.25, 0.3) is 0 Å². The Bertz CT molecular complexity index is 850. The molecule has 0 fully saturated rings. The number of thioether (sulfide) groups is 1. The van der Waals surface area contributed by atoms with Crippen molar-refractivity contribution in [1.29, 1.82) is 0 Å². The Labute approximate surface area is 157 Å². The first-order valence-corrected chi connectivity index (χ1v) is 9.44. The van der Waals surface area contributed by atoms with Gasteiger partial charge >= 0.3 is 5.97 Å². The van der Waals surface area contributed by atoms with Crippen molar-refractivity contribution < 1.29 is 9.53 Å². The minimum absolute atomic E-state index is 0.246. The van der Waals surface area contributed by atoms with Crippen molar-refractivity contribution in [3.05, 3.63) is 72.1 Å². The monoisotopic (exact) mass is 367 g/mol. The largest absolute Gasteiger partial charge is 0.465 e. The molecule has 0 N–H and O–H groups in total. The van der Waals surface area contributed by atoms with Crippen LogP contribution in [0.4, 0.5) is 0 Å². The predicted molar refractivity (Wildman–Crippen MR) is 103 cm³/mol. The molecular weight excluding hydrogens is 346 g/mol. The molecule has 1 unspecified atom stereocenters. The highest BCUT2D eigenvalue weighted by atomic mass is 32.2. The molecule has 3 aromatic rings. The molecule has 0 radical (unpaired) electrons. The lowest BCUT2D eigenvalue weighted by Gasteiger charge is -2.13. The summed E-state index contributed by atoms with van der Waals surface area (Å²) in [5.74, 6) is 0.589. The summed E-state index contributed by atoms with van der Waals surface area (Å²) < 4.78 is 7.11. The molecule has 0 aliphatic rings. The highest BCUT2D eigenvalue weighted by Gasteiger charge is 2.21. The first kappa shape index (κ1) is 18.2. The van der Waals surface area contributed by atoms with Gasteiger partial charge in [-0.2, -0.15) is 0 Å². The number of benzene rings is 2. The van der Waals surface area contributed by atoms with Crippen LogP contribution in [-0.4, -0.2) is 32.6 Å². The van der Waals surface area contributed by atoms with E-state index in [1.165, 1.54) is 11.8 Å². The lowest BCUT2D eigenvalue weighted by Crippen LogP contribution is -2.17. The summed E-state index contributed by atoms with van der Waals surface area (Å²) in [4.78, 5) is 12.0. The predicted octanol–water partition coefficient (Wildman–Crippen LogP) is 3.90. The van der Waals surface area contributed by atoms with Crippen LogP contribution in [0, 0.1) is 0 Å². The first-order chi connectivity index (χ1) is 12.7. The number of rotatable bonds is 7. The molecule has 1 heterocycles. The van der Waals surface area contributed by atoms with Crippen molar-refractivity contribution in [3.8, 4) is 5.69 Å². The fraction of sp³-hybridized carbons (Fsp3) is 0.250. The highest BCUT2D eigenvalue weighted by Crippen LogP contribution is 2.27. The Morgan fingerprint density at radius 2 is 1.73 bits per heavy atom. The second-order valence-corrected chi connectivity index (χ2v) is 7.05. The SMILES string of the molecule is CCOC(=O)C(C)Sc1nnc(Cc2ccccc2)n1-c1ccccc1. The molecule has 0 spiro atoms. The molecule has 26 heavy (non-hydrogen) atoms. The summed E-state index contributed by atoms with van der Waals surface area (Å²) in [6, 6.07) is 20.1. The molecular formula is C20H21N3O2S. The average Bonchev–Trinajstić information content (AvgIpc) is 3.05. The molecule has 2 aromatic carbocycles. The summed E-state index contributed by atoms with van der Waals surface area (Å²) >= 11 is 1.36. The molecule has 1 aromatic heterocycles. The normalized spacial score (nSPS) is 11.9. The molecule has 0 aliphatic heterocycles. The maximum atomic E-state index is 12.0. The number of aromatic nitrogens is 3. The maximum Gasteiger partial charge on any atom is 0.319 e. The van der Waals surface area contributed by atoms with Gasteiger partial charge in [-0.1, -0.05) is 60.3 Å². The molecule has 5 nitrogen and oxygen atoms in total. The molecule has 0 bridgehead atoms. The van der Waals surface area contributed by atoms with Crippen molar-refractivity contribution in [2.45, 2.75) is 30.7 Å². The number of nitrogens with zero attached hydrogens (tertiary/aromatic N) is 3. The van der Waals surface area contributed by atoms with E-state index in [4.69, 9.17) is 4.74 Å². The summed E-state index contributed by atoms with van der Waals surface area (Å²) in [6.07, 6.45) is 0.664. The lowest BCUT2D eigenvalue weighted by molar-refractivity contribution is -0.142. The van der Waals surface area contributed by atoms with E-state index in [0.29, 0.717) is 18.2 Å². The second kappa shape index (κ2) is 8.67. The van der Waals surface area contributed by atoms with Gasteiger partial charge in [0.2, 0.25) is 0 Å². The number of ether oxygens (including phenoxy) is 1. The Morgan fingerprint density at radius 3 is 2.38 bits per heavy atom. The zero-order valence-electron chi connectivity index (χ0n) is 14.8. The summed E-state index contributed by atoms with van der Waals surface area (Å²) in [5.41, 5.74) is 2.13. The van der Waals surface area contributed by atoms with Gasteiger partial charge < -0.3 is 4.74 Å². The van der Waals surface area contributed by atoms with Crippen LogP contribution in [0.3, 0.4) is 0 Å². The molecule has 3 rings (SSSR count). The zero-order valence-corrected chi connectivity index (χ0v) is 15.6. The standard InChI is InChI=1S/C20H21N3O2S/c1-3-25-19(24)15(2)26-20-22-21-18(14-16-10-6-4-7-11-16)23(20)17-12-8-5-9-13-17/h4-13,15H,3,14H2,1-2H3. The fourth-order valence-corrected chi connectivity index (χ4v) is 3.46. The van der Waals surface area contributed by atoms with Gasteiger partial charge in [-0.3, -0.25) is 9.36 Å². The van der Waals surface area contributed by atoms with Crippen molar-refractivity contribution in [1.82, 2.24) is 14.8 Å². The van der Waals surface area contributed by atoms with E-state index in [1.54, 1.807) is 6.92 Å². The third-order valence-electron chi connectivity index (χ3n) is 3.82. The van der Waals surface area contributed by atoms with E-state index in [0.717, 1.165) is 17.1 Å². The van der Waals surface area contributed by atoms with Gasteiger partial charge in [-0.25, -0.2) is 0 Å². The Balaban J connectivity index is 1.93. The van der Waals surface area contributed by atoms with E-state index in [9.17, 15) is 4.79 Å². The van der Waals surface area contributed by atoms with Crippen LogP contribution >= 0.6 is 11.8 Å². The summed E-state index contributed by atoms with van der Waals surface area (Å²) in [7, 11) is 0. The molecule has 0 amide bonds. The third-order valence-corrected chi connectivity index (χ3v) is 4.84. The van der Waals surface area contributed by atoms with Crippen LogP contribution in [0.5, 0.6) is 0 Å². The number of carbonyl (C=O) groups is 1. The number of para-hydroxylation sites is 1. The van der Waals surface area contributed by atoms with Gasteiger partial charge in [-0.15, -0.1) is 10.2 Å². The summed E-state index contributed by atoms with van der Waals surface area (Å²) in [6.45, 7) is 4.00. The van der Waals surface area contributed by atoms with Crippen LogP contribution in [0.2, 0.25) is 0 Å². The van der Waals surface area contributed by atoms with Gasteiger partial charge in [0.05, 0.1) is 6.61 Å². The van der Waals surface area contributed by atoms with Gasteiger partial charge in [0, 0.05) is 12.1 Å². The van der Waals surface area contributed by atoms with E-state index < -0.39 is 0 Å². The lowest BCUT2D eigenvalue weighted by atomic mass is 10.1. The molecule has 6 heteroatoms. The Hall–Kier alpha value is -2.60. The zero-order chi connectivity index (χ0) is 18.4. The minimum Gasteiger partial charge on any atom is -0.465 e. The van der Waals surface area contributed by atoms with Crippen LogP contribution < -0.4 is 0 Å². The Kier molecular flexibility index (Phi) is 6.07. The number of hydrogen-bond donors (Lipinski definition) is 0. The number of carbonyl (C=O) groups excluding carboxylic acids is 1. The topological polar surface area (TPSA) is 57.0 Å². The van der Waals surface area contributed by atoms with E-state index in [2.05, 4.69) is 22.3 Å². The van der Waals surface area contributed by atoms with Crippen LogP contribution in [0.15, 0.2) is 65.8 Å². The maximum absolute atomic E-state index is 12.0. The number of hydrogen-bond acceptors (Lipinski definition) is 5. The van der Waals surface area contributed by atoms with E-state index in [-0.39, 0.29) is 11.2 Å². The third kappa shape index (κ3) is 4.32. The minimum atomic E-state index is -0.355. The molecule has 134 valence electrons. The van der Waals surface area contributed by atoms with Crippen molar-refractivity contribution in [3.63, 3.8) is 0 Å². The van der Waals surface area contributed by atoms with Crippen LogP contribution in [-0.2, 0) is 16.0 Å². The average molecular weight is 367 g/mol.